The van der Waals surface area contributed by atoms with E-state index in [0.717, 1.165) is 0 Å². The highest BCUT2D eigenvalue weighted by Gasteiger charge is 2.15. The molecule has 24 heavy (non-hydrogen) atoms. The van der Waals surface area contributed by atoms with Crippen LogP contribution in [0.4, 0.5) is 5.69 Å². The zero-order valence-electron chi connectivity index (χ0n) is 12.5. The molecule has 0 unspecified atom stereocenters. The number of carbonyl (C=O) groups is 2. The summed E-state index contributed by atoms with van der Waals surface area (Å²) in [5.41, 5.74) is 6.66. The molecule has 0 atom stereocenters. The molecule has 5 N–H and O–H groups in total. The molecule has 3 aromatic rings. The van der Waals surface area contributed by atoms with Gasteiger partial charge in [0.15, 0.2) is 5.69 Å². The quantitative estimate of drug-likeness (QED) is 0.588. The fourth-order valence-electron chi connectivity index (χ4n) is 2.18. The van der Waals surface area contributed by atoms with Gasteiger partial charge in [0.1, 0.15) is 5.82 Å². The standard InChI is InChI=1S/C17H14N4O3/c18-14(22)13-17(24)21-15(20-13)10-6-8-11(9-7-10)16(23)19-12-4-2-1-3-5-12/h1-9,24H,(H2,18,22)(H,19,23)(H,20,21). The number of nitrogens with two attached hydrogens (primary N) is 1. The van der Waals surface area contributed by atoms with Crippen molar-refractivity contribution in [3.8, 4) is 17.3 Å². The number of imidazole rings is 1. The maximum Gasteiger partial charge on any atom is 0.272 e. The van der Waals surface area contributed by atoms with Crippen LogP contribution in [0.25, 0.3) is 11.4 Å². The molecule has 0 aliphatic carbocycles. The summed E-state index contributed by atoms with van der Waals surface area (Å²) in [6.07, 6.45) is 0. The molecule has 0 saturated carbocycles. The van der Waals surface area contributed by atoms with Crippen LogP contribution in [0.15, 0.2) is 54.6 Å². The SMILES string of the molecule is NC(=O)c1nc(-c2ccc(C(=O)Nc3ccccc3)cc2)[nH]c1O. The van der Waals surface area contributed by atoms with Crippen LogP contribution in [0.2, 0.25) is 0 Å². The number of nitrogens with zero attached hydrogens (tertiary/aromatic N) is 1. The first-order valence-electron chi connectivity index (χ1n) is 7.10. The van der Waals surface area contributed by atoms with E-state index in [-0.39, 0.29) is 23.3 Å². The average Bonchev–Trinajstić information content (AvgIpc) is 2.98. The van der Waals surface area contributed by atoms with Gasteiger partial charge in [-0.05, 0) is 24.3 Å². The maximum atomic E-state index is 12.2. The lowest BCUT2D eigenvalue weighted by Gasteiger charge is -2.05. The third-order valence-electron chi connectivity index (χ3n) is 3.37. The van der Waals surface area contributed by atoms with Gasteiger partial charge in [-0.3, -0.25) is 9.59 Å². The lowest BCUT2D eigenvalue weighted by atomic mass is 10.1. The third kappa shape index (κ3) is 3.09. The highest BCUT2D eigenvalue weighted by molar-refractivity contribution is 6.04. The highest BCUT2D eigenvalue weighted by Crippen LogP contribution is 2.22. The number of para-hydroxylation sites is 1. The molecule has 0 aliphatic heterocycles. The molecule has 120 valence electrons. The number of amides is 2. The molecule has 0 spiro atoms. The Morgan fingerprint density at radius 2 is 1.71 bits per heavy atom. The normalized spacial score (nSPS) is 10.3. The first-order valence-corrected chi connectivity index (χ1v) is 7.10. The van der Waals surface area contributed by atoms with E-state index in [1.807, 2.05) is 18.2 Å². The van der Waals surface area contributed by atoms with Gasteiger partial charge in [-0.25, -0.2) is 4.98 Å². The van der Waals surface area contributed by atoms with Gasteiger partial charge in [0.2, 0.25) is 5.88 Å². The van der Waals surface area contributed by atoms with Crippen LogP contribution in [0, 0.1) is 0 Å². The summed E-state index contributed by atoms with van der Waals surface area (Å²) >= 11 is 0. The van der Waals surface area contributed by atoms with Crippen LogP contribution in [-0.2, 0) is 0 Å². The van der Waals surface area contributed by atoms with E-state index in [1.165, 1.54) is 0 Å². The molecule has 2 aromatic carbocycles. The molecule has 0 aliphatic rings. The number of aromatic nitrogens is 2. The van der Waals surface area contributed by atoms with Gasteiger partial charge in [0.25, 0.3) is 11.8 Å². The van der Waals surface area contributed by atoms with E-state index in [1.54, 1.807) is 36.4 Å². The molecule has 7 heteroatoms. The number of aromatic hydroxyl groups is 1. The number of hydrogen-bond donors (Lipinski definition) is 4. The lowest BCUT2D eigenvalue weighted by Crippen LogP contribution is -2.11. The van der Waals surface area contributed by atoms with Crippen LogP contribution in [-0.4, -0.2) is 26.9 Å². The predicted molar refractivity (Wildman–Crippen MR) is 88.6 cm³/mol. The summed E-state index contributed by atoms with van der Waals surface area (Å²) in [5, 5.41) is 12.4. The summed E-state index contributed by atoms with van der Waals surface area (Å²) in [4.78, 5) is 29.8. The Balaban J connectivity index is 1.79. The van der Waals surface area contributed by atoms with Crippen molar-refractivity contribution in [2.24, 2.45) is 5.73 Å². The molecule has 0 saturated heterocycles. The van der Waals surface area contributed by atoms with Crippen LogP contribution < -0.4 is 11.1 Å². The molecule has 0 bridgehead atoms. The topological polar surface area (TPSA) is 121 Å². The number of rotatable bonds is 4. The van der Waals surface area contributed by atoms with Crippen LogP contribution >= 0.6 is 0 Å². The van der Waals surface area contributed by atoms with Crippen LogP contribution in [0.3, 0.4) is 0 Å². The van der Waals surface area contributed by atoms with Gasteiger partial charge >= 0.3 is 0 Å². The molecular weight excluding hydrogens is 308 g/mol. The number of anilines is 1. The number of hydrogen-bond acceptors (Lipinski definition) is 4. The fourth-order valence-corrected chi connectivity index (χ4v) is 2.18. The highest BCUT2D eigenvalue weighted by atomic mass is 16.3. The van der Waals surface area contributed by atoms with Gasteiger partial charge in [-0.1, -0.05) is 30.3 Å². The predicted octanol–water partition coefficient (Wildman–Crippen LogP) is 2.13. The minimum absolute atomic E-state index is 0.226. The first-order chi connectivity index (χ1) is 11.5. The Kier molecular flexibility index (Phi) is 3.98. The minimum Gasteiger partial charge on any atom is -0.493 e. The molecule has 2 amide bonds. The number of H-pyrrole nitrogens is 1. The Bertz CT molecular complexity index is 886. The van der Waals surface area contributed by atoms with E-state index in [4.69, 9.17) is 5.73 Å². The van der Waals surface area contributed by atoms with Crippen molar-refractivity contribution in [3.05, 3.63) is 65.9 Å². The Hall–Kier alpha value is -3.61. The second-order valence-electron chi connectivity index (χ2n) is 5.04. The van der Waals surface area contributed by atoms with Crippen LogP contribution in [0.5, 0.6) is 5.88 Å². The minimum atomic E-state index is -0.825. The molecular formula is C17H14N4O3. The van der Waals surface area contributed by atoms with E-state index in [0.29, 0.717) is 16.8 Å². The Morgan fingerprint density at radius 3 is 2.29 bits per heavy atom. The second kappa shape index (κ2) is 6.25. The van der Waals surface area contributed by atoms with Crippen molar-refractivity contribution in [2.45, 2.75) is 0 Å². The van der Waals surface area contributed by atoms with Crippen molar-refractivity contribution in [1.82, 2.24) is 9.97 Å². The average molecular weight is 322 g/mol. The Morgan fingerprint density at radius 1 is 1.04 bits per heavy atom. The number of nitrogens with one attached hydrogen (secondary N) is 2. The Labute approximate surface area is 137 Å². The number of primary amides is 1. The maximum absolute atomic E-state index is 12.2. The lowest BCUT2D eigenvalue weighted by molar-refractivity contribution is 0.0991. The van der Waals surface area contributed by atoms with E-state index >= 15 is 0 Å². The van der Waals surface area contributed by atoms with Gasteiger partial charge < -0.3 is 21.1 Å². The summed E-state index contributed by atoms with van der Waals surface area (Å²) in [6, 6.07) is 15.7. The fraction of sp³-hybridized carbons (Fsp3) is 0. The number of aromatic amines is 1. The van der Waals surface area contributed by atoms with Crippen LogP contribution in [0.1, 0.15) is 20.8 Å². The zero-order valence-corrected chi connectivity index (χ0v) is 12.5. The smallest absolute Gasteiger partial charge is 0.272 e. The monoisotopic (exact) mass is 322 g/mol. The number of carbonyl (C=O) groups excluding carboxylic acids is 2. The van der Waals surface area contributed by atoms with Crippen molar-refractivity contribution in [2.75, 3.05) is 5.32 Å². The van der Waals surface area contributed by atoms with Crippen molar-refractivity contribution in [3.63, 3.8) is 0 Å². The molecule has 0 fully saturated rings. The summed E-state index contributed by atoms with van der Waals surface area (Å²) < 4.78 is 0. The molecule has 1 heterocycles. The van der Waals surface area contributed by atoms with Gasteiger partial charge in [0.05, 0.1) is 0 Å². The summed E-state index contributed by atoms with van der Waals surface area (Å²) in [7, 11) is 0. The second-order valence-corrected chi connectivity index (χ2v) is 5.04. The van der Waals surface area contributed by atoms with E-state index in [2.05, 4.69) is 15.3 Å². The zero-order chi connectivity index (χ0) is 17.1. The van der Waals surface area contributed by atoms with Crippen molar-refractivity contribution >= 4 is 17.5 Å². The van der Waals surface area contributed by atoms with Gasteiger partial charge in [-0.15, -0.1) is 0 Å². The van der Waals surface area contributed by atoms with Crippen molar-refractivity contribution < 1.29 is 14.7 Å². The van der Waals surface area contributed by atoms with E-state index in [9.17, 15) is 14.7 Å². The molecule has 1 aromatic heterocycles. The van der Waals surface area contributed by atoms with Crippen molar-refractivity contribution in [1.29, 1.82) is 0 Å². The molecule has 0 radical (unpaired) electrons. The molecule has 7 nitrogen and oxygen atoms in total. The summed E-state index contributed by atoms with van der Waals surface area (Å²) in [6.45, 7) is 0. The molecule has 3 rings (SSSR count). The number of benzene rings is 2. The third-order valence-corrected chi connectivity index (χ3v) is 3.37. The van der Waals surface area contributed by atoms with Gasteiger partial charge in [0, 0.05) is 16.8 Å². The van der Waals surface area contributed by atoms with Gasteiger partial charge in [-0.2, -0.15) is 0 Å². The van der Waals surface area contributed by atoms with E-state index < -0.39 is 5.91 Å². The first kappa shape index (κ1) is 15.3. The largest absolute Gasteiger partial charge is 0.493 e. The summed E-state index contributed by atoms with van der Waals surface area (Å²) in [5.74, 6) is -1.17.